The second-order valence-corrected chi connectivity index (χ2v) is 7.08. The molecule has 2 aliphatic rings. The second kappa shape index (κ2) is 6.63. The first-order valence-electron chi connectivity index (χ1n) is 7.93. The van der Waals surface area contributed by atoms with Crippen molar-refractivity contribution in [3.63, 3.8) is 0 Å². The van der Waals surface area contributed by atoms with Crippen molar-refractivity contribution in [3.8, 4) is 11.5 Å². The van der Waals surface area contributed by atoms with Crippen molar-refractivity contribution in [1.29, 1.82) is 0 Å². The number of methoxy groups -OCH3 is 2. The molecule has 3 rings (SSSR count). The lowest BCUT2D eigenvalue weighted by atomic mass is 9.94. The molecule has 1 amide bonds. The number of hydrogen-bond acceptors (Lipinski definition) is 4. The molecule has 1 aliphatic heterocycles. The molecule has 1 saturated heterocycles. The van der Waals surface area contributed by atoms with Gasteiger partial charge >= 0.3 is 5.97 Å². The number of carbonyl (C=O) groups excluding carboxylic acids is 1. The van der Waals surface area contributed by atoms with Gasteiger partial charge < -0.3 is 19.5 Å². The number of likely N-dealkylation sites (tertiary alicyclic amines) is 1. The monoisotopic (exact) mass is 397 g/mol. The van der Waals surface area contributed by atoms with Gasteiger partial charge in [0.25, 0.3) is 5.91 Å². The first-order valence-corrected chi connectivity index (χ1v) is 8.72. The third-order valence-electron chi connectivity index (χ3n) is 5.10. The summed E-state index contributed by atoms with van der Waals surface area (Å²) in [6.07, 6.45) is 2.91. The van der Waals surface area contributed by atoms with Crippen molar-refractivity contribution >= 4 is 27.8 Å². The second-order valence-electron chi connectivity index (χ2n) is 6.29. The quantitative estimate of drug-likeness (QED) is 0.844. The van der Waals surface area contributed by atoms with E-state index in [1.165, 1.54) is 19.1 Å². The van der Waals surface area contributed by atoms with E-state index in [1.807, 2.05) is 0 Å². The molecule has 3 atom stereocenters. The normalized spacial score (nSPS) is 25.5. The van der Waals surface area contributed by atoms with Crippen LogP contribution in [-0.4, -0.2) is 48.7 Å². The first-order chi connectivity index (χ1) is 11.5. The van der Waals surface area contributed by atoms with E-state index in [0.717, 1.165) is 19.3 Å². The SMILES string of the molecule is COc1cc(C(=O)N2CC3CCCC3C2C(=O)O)cc(OC)c1Br. The van der Waals surface area contributed by atoms with Crippen LogP contribution in [0, 0.1) is 11.8 Å². The number of benzene rings is 1. The van der Waals surface area contributed by atoms with E-state index >= 15 is 0 Å². The minimum absolute atomic E-state index is 0.0608. The Labute approximate surface area is 148 Å². The zero-order valence-electron chi connectivity index (χ0n) is 13.6. The first kappa shape index (κ1) is 17.1. The molecule has 1 aromatic rings. The van der Waals surface area contributed by atoms with E-state index in [9.17, 15) is 14.7 Å². The van der Waals surface area contributed by atoms with Crippen LogP contribution >= 0.6 is 15.9 Å². The summed E-state index contributed by atoms with van der Waals surface area (Å²) < 4.78 is 11.2. The van der Waals surface area contributed by atoms with Crippen molar-refractivity contribution in [1.82, 2.24) is 4.90 Å². The van der Waals surface area contributed by atoms with Crippen LogP contribution in [0.15, 0.2) is 16.6 Å². The molecule has 1 heterocycles. The fourth-order valence-electron chi connectivity index (χ4n) is 3.99. The average molecular weight is 398 g/mol. The predicted octanol–water partition coefficient (Wildman–Crippen LogP) is 2.79. The molecule has 3 unspecified atom stereocenters. The lowest BCUT2D eigenvalue weighted by Crippen LogP contribution is -2.43. The Balaban J connectivity index is 1.95. The van der Waals surface area contributed by atoms with Crippen molar-refractivity contribution in [2.24, 2.45) is 11.8 Å². The van der Waals surface area contributed by atoms with E-state index in [4.69, 9.17) is 9.47 Å². The van der Waals surface area contributed by atoms with Crippen LogP contribution in [0.2, 0.25) is 0 Å². The third-order valence-corrected chi connectivity index (χ3v) is 5.88. The average Bonchev–Trinajstić information content (AvgIpc) is 3.14. The fourth-order valence-corrected chi connectivity index (χ4v) is 4.54. The van der Waals surface area contributed by atoms with Crippen molar-refractivity contribution in [2.45, 2.75) is 25.3 Å². The summed E-state index contributed by atoms with van der Waals surface area (Å²) in [4.78, 5) is 26.2. The zero-order valence-corrected chi connectivity index (χ0v) is 15.2. The minimum atomic E-state index is -0.922. The van der Waals surface area contributed by atoms with Gasteiger partial charge in [-0.1, -0.05) is 6.42 Å². The summed E-state index contributed by atoms with van der Waals surface area (Å²) in [6, 6.07) is 2.48. The lowest BCUT2D eigenvalue weighted by molar-refractivity contribution is -0.142. The molecule has 2 fully saturated rings. The van der Waals surface area contributed by atoms with E-state index in [0.29, 0.717) is 28.1 Å². The highest BCUT2D eigenvalue weighted by molar-refractivity contribution is 9.10. The third kappa shape index (κ3) is 2.75. The molecular formula is C17H20BrNO5. The summed E-state index contributed by atoms with van der Waals surface area (Å²) in [6.45, 7) is 0.501. The van der Waals surface area contributed by atoms with Gasteiger partial charge in [0.2, 0.25) is 0 Å². The molecule has 0 bridgehead atoms. The van der Waals surface area contributed by atoms with Crippen LogP contribution in [-0.2, 0) is 4.79 Å². The van der Waals surface area contributed by atoms with Crippen LogP contribution in [0.1, 0.15) is 29.6 Å². The molecule has 1 saturated carbocycles. The molecule has 0 radical (unpaired) electrons. The van der Waals surface area contributed by atoms with E-state index in [1.54, 1.807) is 12.1 Å². The highest BCUT2D eigenvalue weighted by Crippen LogP contribution is 2.43. The number of carboxylic acids is 1. The van der Waals surface area contributed by atoms with Gasteiger partial charge in [0.05, 0.1) is 14.2 Å². The standard InChI is InChI=1S/C17H20BrNO5/c1-23-12-6-10(7-13(24-2)14(12)18)16(20)19-8-9-4-3-5-11(9)15(19)17(21)22/h6-7,9,11,15H,3-5,8H2,1-2H3,(H,21,22). The van der Waals surface area contributed by atoms with Crippen LogP contribution in [0.25, 0.3) is 0 Å². The zero-order chi connectivity index (χ0) is 17.4. The largest absolute Gasteiger partial charge is 0.495 e. The van der Waals surface area contributed by atoms with Gasteiger partial charge in [-0.05, 0) is 52.7 Å². The number of nitrogens with zero attached hydrogens (tertiary/aromatic N) is 1. The summed E-state index contributed by atoms with van der Waals surface area (Å²) in [5.41, 5.74) is 0.373. The Hall–Kier alpha value is -1.76. The molecule has 0 aromatic heterocycles. The number of ether oxygens (including phenoxy) is 2. The lowest BCUT2D eigenvalue weighted by Gasteiger charge is -2.25. The number of carboxylic acid groups (broad SMARTS) is 1. The van der Waals surface area contributed by atoms with Gasteiger partial charge in [0, 0.05) is 12.1 Å². The summed E-state index contributed by atoms with van der Waals surface area (Å²) in [5, 5.41) is 9.62. The Morgan fingerprint density at radius 2 is 1.83 bits per heavy atom. The van der Waals surface area contributed by atoms with Crippen molar-refractivity contribution in [2.75, 3.05) is 20.8 Å². The number of carbonyl (C=O) groups is 2. The number of hydrogen-bond donors (Lipinski definition) is 1. The van der Waals surface area contributed by atoms with E-state index in [2.05, 4.69) is 15.9 Å². The van der Waals surface area contributed by atoms with Crippen molar-refractivity contribution < 1.29 is 24.2 Å². The van der Waals surface area contributed by atoms with Gasteiger partial charge in [-0.25, -0.2) is 4.79 Å². The molecule has 1 N–H and O–H groups in total. The maximum atomic E-state index is 13.0. The highest BCUT2D eigenvalue weighted by atomic mass is 79.9. The summed E-state index contributed by atoms with van der Waals surface area (Å²) in [5.74, 6) is 0.0857. The molecule has 1 aliphatic carbocycles. The number of amides is 1. The minimum Gasteiger partial charge on any atom is -0.495 e. The molecule has 1 aromatic carbocycles. The number of halogens is 1. The Morgan fingerprint density at radius 3 is 2.38 bits per heavy atom. The van der Waals surface area contributed by atoms with Gasteiger partial charge in [-0.2, -0.15) is 0 Å². The van der Waals surface area contributed by atoms with Crippen LogP contribution in [0.5, 0.6) is 11.5 Å². The Morgan fingerprint density at radius 1 is 1.21 bits per heavy atom. The smallest absolute Gasteiger partial charge is 0.326 e. The Kier molecular flexibility index (Phi) is 4.71. The van der Waals surface area contributed by atoms with E-state index < -0.39 is 12.0 Å². The van der Waals surface area contributed by atoms with Crippen LogP contribution in [0.4, 0.5) is 0 Å². The van der Waals surface area contributed by atoms with Crippen LogP contribution < -0.4 is 9.47 Å². The molecule has 130 valence electrons. The summed E-state index contributed by atoms with van der Waals surface area (Å²) >= 11 is 3.37. The van der Waals surface area contributed by atoms with Gasteiger partial charge in [0.15, 0.2) is 0 Å². The predicted molar refractivity (Wildman–Crippen MR) is 90.5 cm³/mol. The maximum Gasteiger partial charge on any atom is 0.326 e. The summed E-state index contributed by atoms with van der Waals surface area (Å²) in [7, 11) is 3.02. The number of fused-ring (bicyclic) bond motifs is 1. The molecule has 7 heteroatoms. The van der Waals surface area contributed by atoms with Gasteiger partial charge in [-0.15, -0.1) is 0 Å². The highest BCUT2D eigenvalue weighted by Gasteiger charge is 2.49. The van der Waals surface area contributed by atoms with Gasteiger partial charge in [-0.3, -0.25) is 4.79 Å². The number of aliphatic carboxylic acids is 1. The topological polar surface area (TPSA) is 76.1 Å². The molecular weight excluding hydrogens is 378 g/mol. The van der Waals surface area contributed by atoms with Crippen LogP contribution in [0.3, 0.4) is 0 Å². The van der Waals surface area contributed by atoms with E-state index in [-0.39, 0.29) is 17.7 Å². The maximum absolute atomic E-state index is 13.0. The Bertz CT molecular complexity index is 652. The molecule has 24 heavy (non-hydrogen) atoms. The number of rotatable bonds is 4. The van der Waals surface area contributed by atoms with Gasteiger partial charge in [0.1, 0.15) is 22.0 Å². The molecule has 6 nitrogen and oxygen atoms in total. The van der Waals surface area contributed by atoms with Crippen molar-refractivity contribution in [3.05, 3.63) is 22.2 Å². The fraction of sp³-hybridized carbons (Fsp3) is 0.529. The molecule has 0 spiro atoms.